The van der Waals surface area contributed by atoms with Crippen molar-refractivity contribution >= 4 is 28.5 Å². The minimum absolute atomic E-state index is 0.158. The second-order valence-corrected chi connectivity index (χ2v) is 8.09. The zero-order valence-electron chi connectivity index (χ0n) is 17.8. The van der Waals surface area contributed by atoms with Crippen LogP contribution in [0.15, 0.2) is 42.5 Å². The Kier molecular flexibility index (Phi) is 5.39. The Balaban J connectivity index is 1.38. The van der Waals surface area contributed by atoms with E-state index in [0.717, 1.165) is 54.3 Å². The molecule has 2 aromatic carbocycles. The third kappa shape index (κ3) is 3.86. The highest BCUT2D eigenvalue weighted by Crippen LogP contribution is 2.34. The van der Waals surface area contributed by atoms with Crippen LogP contribution in [0.25, 0.3) is 10.9 Å². The predicted octanol–water partition coefficient (Wildman–Crippen LogP) is 4.42. The number of hydrogen-bond acceptors (Lipinski definition) is 6. The molecule has 5 rings (SSSR count). The lowest BCUT2D eigenvalue weighted by Crippen LogP contribution is -2.30. The van der Waals surface area contributed by atoms with E-state index in [9.17, 15) is 9.59 Å². The molecule has 1 amide bonds. The Morgan fingerprint density at radius 1 is 1.03 bits per heavy atom. The van der Waals surface area contributed by atoms with Crippen LogP contribution in [0.3, 0.4) is 0 Å². The monoisotopic (exact) mass is 432 g/mol. The molecule has 1 atom stereocenters. The topological polar surface area (TPSA) is 86.8 Å². The van der Waals surface area contributed by atoms with E-state index >= 15 is 0 Å². The highest BCUT2D eigenvalue weighted by Gasteiger charge is 2.26. The fraction of sp³-hybridized carbons (Fsp3) is 0.320. The van der Waals surface area contributed by atoms with Crippen molar-refractivity contribution in [2.24, 2.45) is 0 Å². The summed E-state index contributed by atoms with van der Waals surface area (Å²) in [5, 5.41) is 3.54. The van der Waals surface area contributed by atoms with Crippen LogP contribution in [0.2, 0.25) is 0 Å². The molecule has 1 aliphatic heterocycles. The molecule has 1 unspecified atom stereocenters. The number of carbonyl (C=O) groups excluding carboxylic acids is 2. The Morgan fingerprint density at radius 2 is 1.84 bits per heavy atom. The van der Waals surface area contributed by atoms with Crippen LogP contribution in [-0.2, 0) is 22.4 Å². The van der Waals surface area contributed by atoms with Crippen LogP contribution in [0.1, 0.15) is 47.8 Å². The molecule has 0 fully saturated rings. The molecule has 2 aliphatic rings. The molecule has 7 nitrogen and oxygen atoms in total. The number of rotatable bonds is 4. The van der Waals surface area contributed by atoms with E-state index in [2.05, 4.69) is 5.32 Å². The fourth-order valence-corrected chi connectivity index (χ4v) is 4.27. The molecule has 0 radical (unpaired) electrons. The lowest BCUT2D eigenvalue weighted by Gasteiger charge is -2.18. The maximum atomic E-state index is 13.3. The summed E-state index contributed by atoms with van der Waals surface area (Å²) in [6.07, 6.45) is 3.83. The summed E-state index contributed by atoms with van der Waals surface area (Å²) < 4.78 is 16.3. The number of para-hydroxylation sites is 1. The number of amides is 1. The number of hydrogen-bond donors (Lipinski definition) is 1. The zero-order chi connectivity index (χ0) is 22.1. The van der Waals surface area contributed by atoms with Gasteiger partial charge in [-0.3, -0.25) is 9.78 Å². The minimum atomic E-state index is -0.971. The molecule has 1 N–H and O–H groups in total. The number of pyridine rings is 1. The van der Waals surface area contributed by atoms with E-state index < -0.39 is 18.0 Å². The highest BCUT2D eigenvalue weighted by atomic mass is 16.7. The average Bonchev–Trinajstić information content (AvgIpc) is 3.14. The number of carbonyl (C=O) groups is 2. The number of nitrogens with one attached hydrogen (secondary N) is 1. The van der Waals surface area contributed by atoms with Gasteiger partial charge in [-0.05, 0) is 56.4 Å². The van der Waals surface area contributed by atoms with Crippen molar-refractivity contribution in [1.82, 2.24) is 4.98 Å². The van der Waals surface area contributed by atoms with E-state index in [1.807, 2.05) is 24.3 Å². The van der Waals surface area contributed by atoms with Gasteiger partial charge >= 0.3 is 5.97 Å². The first-order valence-electron chi connectivity index (χ1n) is 10.9. The number of aromatic nitrogens is 1. The number of nitrogens with zero attached hydrogens (tertiary/aromatic N) is 1. The Hall–Kier alpha value is -3.61. The summed E-state index contributed by atoms with van der Waals surface area (Å²) in [5.41, 5.74) is 3.78. The van der Waals surface area contributed by atoms with Gasteiger partial charge in [0.2, 0.25) is 6.79 Å². The first kappa shape index (κ1) is 20.3. The maximum absolute atomic E-state index is 13.3. The molecule has 1 aliphatic carbocycles. The molecule has 2 heterocycles. The molecular formula is C25H24N2O5. The molecule has 32 heavy (non-hydrogen) atoms. The summed E-state index contributed by atoms with van der Waals surface area (Å²) >= 11 is 0. The molecule has 0 spiro atoms. The summed E-state index contributed by atoms with van der Waals surface area (Å²) in [6.45, 7) is 1.73. The van der Waals surface area contributed by atoms with Crippen LogP contribution in [-0.4, -0.2) is 29.8 Å². The lowest BCUT2D eigenvalue weighted by molar-refractivity contribution is -0.123. The quantitative estimate of drug-likeness (QED) is 0.485. The summed E-state index contributed by atoms with van der Waals surface area (Å²) in [7, 11) is 0. The normalized spacial score (nSPS) is 15.5. The first-order valence-corrected chi connectivity index (χ1v) is 10.9. The van der Waals surface area contributed by atoms with Gasteiger partial charge in [0.1, 0.15) is 0 Å². The van der Waals surface area contributed by atoms with Crippen molar-refractivity contribution in [2.75, 3.05) is 12.1 Å². The number of aryl methyl sites for hydroxylation is 1. The smallest absolute Gasteiger partial charge is 0.339 e. The van der Waals surface area contributed by atoms with Gasteiger partial charge in [0.05, 0.1) is 11.1 Å². The largest absolute Gasteiger partial charge is 0.454 e. The van der Waals surface area contributed by atoms with Crippen LogP contribution >= 0.6 is 0 Å². The third-order valence-corrected chi connectivity index (χ3v) is 5.92. The molecule has 164 valence electrons. The predicted molar refractivity (Wildman–Crippen MR) is 119 cm³/mol. The SMILES string of the molecule is CC(OC(=O)c1c2c(nc3ccccc13)CCCCC2)C(=O)Nc1ccc2c(c1)OCO2. The Labute approximate surface area is 185 Å². The summed E-state index contributed by atoms with van der Waals surface area (Å²) in [4.78, 5) is 30.8. The van der Waals surface area contributed by atoms with Gasteiger partial charge in [0, 0.05) is 22.8 Å². The fourth-order valence-electron chi connectivity index (χ4n) is 4.27. The molecule has 0 saturated carbocycles. The maximum Gasteiger partial charge on any atom is 0.339 e. The van der Waals surface area contributed by atoms with Gasteiger partial charge in [-0.1, -0.05) is 24.6 Å². The van der Waals surface area contributed by atoms with Gasteiger partial charge in [0.15, 0.2) is 17.6 Å². The number of benzene rings is 2. The van der Waals surface area contributed by atoms with E-state index in [-0.39, 0.29) is 6.79 Å². The number of fused-ring (bicyclic) bond motifs is 3. The molecule has 7 heteroatoms. The van der Waals surface area contributed by atoms with Crippen LogP contribution in [0.5, 0.6) is 11.5 Å². The molecule has 0 saturated heterocycles. The summed E-state index contributed by atoms with van der Waals surface area (Å²) in [6, 6.07) is 12.7. The Morgan fingerprint density at radius 3 is 2.75 bits per heavy atom. The first-order chi connectivity index (χ1) is 15.6. The van der Waals surface area contributed by atoms with Crippen molar-refractivity contribution in [1.29, 1.82) is 0 Å². The van der Waals surface area contributed by atoms with Crippen LogP contribution in [0, 0.1) is 0 Å². The second kappa shape index (κ2) is 8.49. The van der Waals surface area contributed by atoms with Gasteiger partial charge < -0.3 is 19.5 Å². The number of ether oxygens (including phenoxy) is 3. The van der Waals surface area contributed by atoms with Gasteiger partial charge in [0.25, 0.3) is 5.91 Å². The molecule has 3 aromatic rings. The van der Waals surface area contributed by atoms with Crippen molar-refractivity contribution < 1.29 is 23.8 Å². The van der Waals surface area contributed by atoms with Crippen LogP contribution < -0.4 is 14.8 Å². The minimum Gasteiger partial charge on any atom is -0.454 e. The van der Waals surface area contributed by atoms with Gasteiger partial charge in [-0.25, -0.2) is 4.79 Å². The zero-order valence-corrected chi connectivity index (χ0v) is 17.8. The molecular weight excluding hydrogens is 408 g/mol. The average molecular weight is 432 g/mol. The molecule has 1 aromatic heterocycles. The van der Waals surface area contributed by atoms with E-state index in [1.54, 1.807) is 25.1 Å². The number of esters is 1. The standard InChI is InChI=1S/C25H24N2O5/c1-15(24(28)26-16-11-12-21-22(13-16)31-14-30-21)32-25(29)23-17-7-3-2-4-9-19(17)27-20-10-6-5-8-18(20)23/h5-6,8,10-13,15H,2-4,7,9,14H2,1H3,(H,26,28). The van der Waals surface area contributed by atoms with E-state index in [0.29, 0.717) is 22.7 Å². The van der Waals surface area contributed by atoms with Gasteiger partial charge in [-0.2, -0.15) is 0 Å². The molecule has 0 bridgehead atoms. The van der Waals surface area contributed by atoms with E-state index in [1.165, 1.54) is 0 Å². The second-order valence-electron chi connectivity index (χ2n) is 8.09. The van der Waals surface area contributed by atoms with Crippen molar-refractivity contribution in [3.8, 4) is 11.5 Å². The Bertz CT molecular complexity index is 1210. The summed E-state index contributed by atoms with van der Waals surface area (Å²) in [5.74, 6) is 0.294. The highest BCUT2D eigenvalue weighted by molar-refractivity contribution is 6.06. The number of anilines is 1. The van der Waals surface area contributed by atoms with E-state index in [4.69, 9.17) is 19.2 Å². The van der Waals surface area contributed by atoms with Gasteiger partial charge in [-0.15, -0.1) is 0 Å². The van der Waals surface area contributed by atoms with Crippen molar-refractivity contribution in [3.05, 3.63) is 59.3 Å². The van der Waals surface area contributed by atoms with Crippen molar-refractivity contribution in [3.63, 3.8) is 0 Å². The third-order valence-electron chi connectivity index (χ3n) is 5.92. The van der Waals surface area contributed by atoms with Crippen LogP contribution in [0.4, 0.5) is 5.69 Å². The van der Waals surface area contributed by atoms with Crippen molar-refractivity contribution in [2.45, 2.75) is 45.1 Å². The lowest BCUT2D eigenvalue weighted by atomic mass is 9.97.